The Hall–Kier alpha value is -1.59. The fraction of sp³-hybridized carbons (Fsp3) is 0.562. The van der Waals surface area contributed by atoms with Crippen molar-refractivity contribution >= 4 is 16.7 Å². The van der Waals surface area contributed by atoms with Crippen molar-refractivity contribution in [2.75, 3.05) is 26.1 Å². The van der Waals surface area contributed by atoms with Crippen LogP contribution in [-0.4, -0.2) is 35.5 Å². The molecule has 114 valence electrons. The van der Waals surface area contributed by atoms with Crippen molar-refractivity contribution in [1.82, 2.24) is 9.55 Å². The third-order valence-electron chi connectivity index (χ3n) is 4.26. The van der Waals surface area contributed by atoms with Crippen molar-refractivity contribution in [3.8, 4) is 0 Å². The lowest BCUT2D eigenvalue weighted by Crippen LogP contribution is -2.37. The zero-order valence-electron chi connectivity index (χ0n) is 12.9. The van der Waals surface area contributed by atoms with E-state index < -0.39 is 0 Å². The lowest BCUT2D eigenvalue weighted by Gasteiger charge is -2.27. The molecule has 0 aliphatic carbocycles. The average molecular weight is 289 g/mol. The number of nitrogens with zero attached hydrogens (tertiary/aromatic N) is 2. The first-order valence-corrected chi connectivity index (χ1v) is 7.43. The lowest BCUT2D eigenvalue weighted by atomic mass is 10.0. The predicted molar refractivity (Wildman–Crippen MR) is 83.4 cm³/mol. The van der Waals surface area contributed by atoms with Crippen LogP contribution in [0.15, 0.2) is 18.2 Å². The summed E-state index contributed by atoms with van der Waals surface area (Å²) >= 11 is 0. The number of benzene rings is 1. The second-order valence-electron chi connectivity index (χ2n) is 6.15. The number of methoxy groups -OCH3 is 1. The number of nitrogens with two attached hydrogens (primary N) is 1. The maximum Gasteiger partial charge on any atom is 0.112 e. The van der Waals surface area contributed by atoms with Crippen LogP contribution in [0.5, 0.6) is 0 Å². The van der Waals surface area contributed by atoms with Crippen LogP contribution >= 0.6 is 0 Å². The fourth-order valence-electron chi connectivity index (χ4n) is 3.00. The smallest absolute Gasteiger partial charge is 0.112 e. The molecule has 1 unspecified atom stereocenters. The van der Waals surface area contributed by atoms with Crippen molar-refractivity contribution < 1.29 is 9.47 Å². The Morgan fingerprint density at radius 2 is 2.29 bits per heavy atom. The van der Waals surface area contributed by atoms with Crippen molar-refractivity contribution in [3.05, 3.63) is 24.0 Å². The molecule has 2 aromatic rings. The SMILES string of the molecule is COC1(Cn2c(C(C)C)nc3cc(N)ccc32)CCOC1. The molecule has 1 aliphatic rings. The number of aromatic nitrogens is 2. The monoisotopic (exact) mass is 289 g/mol. The van der Waals surface area contributed by atoms with E-state index in [2.05, 4.69) is 18.4 Å². The minimum Gasteiger partial charge on any atom is -0.399 e. The van der Waals surface area contributed by atoms with Crippen LogP contribution in [0.25, 0.3) is 11.0 Å². The summed E-state index contributed by atoms with van der Waals surface area (Å²) < 4.78 is 13.6. The molecule has 2 N–H and O–H groups in total. The second kappa shape index (κ2) is 5.31. The molecule has 0 saturated carbocycles. The van der Waals surface area contributed by atoms with Crippen LogP contribution in [0.2, 0.25) is 0 Å². The highest BCUT2D eigenvalue weighted by molar-refractivity contribution is 5.79. The van der Waals surface area contributed by atoms with Crippen LogP contribution in [0.3, 0.4) is 0 Å². The van der Waals surface area contributed by atoms with E-state index in [1.807, 2.05) is 18.2 Å². The van der Waals surface area contributed by atoms with Gasteiger partial charge in [-0.25, -0.2) is 4.98 Å². The third-order valence-corrected chi connectivity index (χ3v) is 4.26. The maximum atomic E-state index is 5.88. The van der Waals surface area contributed by atoms with Gasteiger partial charge < -0.3 is 19.8 Å². The average Bonchev–Trinajstić information content (AvgIpc) is 3.05. The van der Waals surface area contributed by atoms with Crippen LogP contribution in [-0.2, 0) is 16.0 Å². The number of hydrogen-bond donors (Lipinski definition) is 1. The van der Waals surface area contributed by atoms with E-state index in [-0.39, 0.29) is 5.60 Å². The first kappa shape index (κ1) is 14.4. The Balaban J connectivity index is 2.09. The van der Waals surface area contributed by atoms with E-state index in [4.69, 9.17) is 20.2 Å². The van der Waals surface area contributed by atoms with E-state index in [0.717, 1.165) is 42.1 Å². The van der Waals surface area contributed by atoms with Gasteiger partial charge in [-0.2, -0.15) is 0 Å². The maximum absolute atomic E-state index is 5.88. The van der Waals surface area contributed by atoms with Crippen molar-refractivity contribution in [2.45, 2.75) is 38.3 Å². The van der Waals surface area contributed by atoms with E-state index in [0.29, 0.717) is 12.5 Å². The molecule has 0 amide bonds. The highest BCUT2D eigenvalue weighted by Crippen LogP contribution is 2.30. The second-order valence-corrected chi connectivity index (χ2v) is 6.15. The third kappa shape index (κ3) is 2.51. The molecule has 3 rings (SSSR count). The van der Waals surface area contributed by atoms with Crippen LogP contribution in [0.1, 0.15) is 32.0 Å². The Labute approximate surface area is 125 Å². The van der Waals surface area contributed by atoms with Crippen LogP contribution in [0.4, 0.5) is 5.69 Å². The molecular weight excluding hydrogens is 266 g/mol. The number of imidazole rings is 1. The molecule has 1 aromatic carbocycles. The summed E-state index contributed by atoms with van der Waals surface area (Å²) in [5.41, 5.74) is 8.43. The number of nitrogen functional groups attached to an aromatic ring is 1. The normalized spacial score (nSPS) is 22.5. The zero-order valence-corrected chi connectivity index (χ0v) is 12.9. The van der Waals surface area contributed by atoms with Crippen molar-refractivity contribution in [2.24, 2.45) is 0 Å². The molecule has 0 spiro atoms. The highest BCUT2D eigenvalue weighted by atomic mass is 16.5. The molecule has 1 aliphatic heterocycles. The van der Waals surface area contributed by atoms with Gasteiger partial charge in [0.1, 0.15) is 11.4 Å². The lowest BCUT2D eigenvalue weighted by molar-refractivity contribution is -0.0293. The molecular formula is C16H23N3O2. The molecule has 1 fully saturated rings. The summed E-state index contributed by atoms with van der Waals surface area (Å²) in [4.78, 5) is 4.77. The topological polar surface area (TPSA) is 62.3 Å². The standard InChI is InChI=1S/C16H23N3O2/c1-11(2)15-18-13-8-12(17)4-5-14(13)19(15)9-16(20-3)6-7-21-10-16/h4-5,8,11H,6-7,9-10,17H2,1-3H3. The minimum atomic E-state index is -0.251. The molecule has 2 heterocycles. The van der Waals surface area contributed by atoms with Crippen LogP contribution < -0.4 is 5.73 Å². The summed E-state index contributed by atoms with van der Waals surface area (Å²) in [6.45, 7) is 6.47. The molecule has 0 bridgehead atoms. The summed E-state index contributed by atoms with van der Waals surface area (Å²) in [6.07, 6.45) is 0.912. The van der Waals surface area contributed by atoms with Gasteiger partial charge in [0.05, 0.1) is 24.2 Å². The van der Waals surface area contributed by atoms with E-state index >= 15 is 0 Å². The summed E-state index contributed by atoms with van der Waals surface area (Å²) in [7, 11) is 1.76. The largest absolute Gasteiger partial charge is 0.399 e. The summed E-state index contributed by atoms with van der Waals surface area (Å²) in [5, 5.41) is 0. The summed E-state index contributed by atoms with van der Waals surface area (Å²) in [6, 6.07) is 5.90. The van der Waals surface area contributed by atoms with Gasteiger partial charge in [-0.15, -0.1) is 0 Å². The quantitative estimate of drug-likeness (QED) is 0.879. The van der Waals surface area contributed by atoms with Gasteiger partial charge in [-0.05, 0) is 18.2 Å². The van der Waals surface area contributed by atoms with Crippen LogP contribution in [0, 0.1) is 0 Å². The van der Waals surface area contributed by atoms with Gasteiger partial charge in [0, 0.05) is 31.7 Å². The van der Waals surface area contributed by atoms with Gasteiger partial charge in [-0.1, -0.05) is 13.8 Å². The van der Waals surface area contributed by atoms with E-state index in [9.17, 15) is 0 Å². The Morgan fingerprint density at radius 3 is 2.90 bits per heavy atom. The zero-order chi connectivity index (χ0) is 15.0. The number of rotatable bonds is 4. The first-order chi connectivity index (χ1) is 10.0. The molecule has 1 atom stereocenters. The first-order valence-electron chi connectivity index (χ1n) is 7.43. The number of ether oxygens (including phenoxy) is 2. The van der Waals surface area contributed by atoms with Gasteiger partial charge in [0.25, 0.3) is 0 Å². The molecule has 1 aromatic heterocycles. The van der Waals surface area contributed by atoms with E-state index in [1.165, 1.54) is 0 Å². The number of anilines is 1. The highest BCUT2D eigenvalue weighted by Gasteiger charge is 2.36. The Morgan fingerprint density at radius 1 is 1.48 bits per heavy atom. The predicted octanol–water partition coefficient (Wildman–Crippen LogP) is 2.55. The fourth-order valence-corrected chi connectivity index (χ4v) is 3.00. The molecule has 5 nitrogen and oxygen atoms in total. The summed E-state index contributed by atoms with van der Waals surface area (Å²) in [5.74, 6) is 1.41. The van der Waals surface area contributed by atoms with Gasteiger partial charge in [0.2, 0.25) is 0 Å². The minimum absolute atomic E-state index is 0.251. The Bertz CT molecular complexity index is 642. The van der Waals surface area contributed by atoms with Crippen molar-refractivity contribution in [1.29, 1.82) is 0 Å². The number of fused-ring (bicyclic) bond motifs is 1. The molecule has 1 saturated heterocycles. The van der Waals surface area contributed by atoms with Gasteiger partial charge in [0.15, 0.2) is 0 Å². The molecule has 5 heteroatoms. The van der Waals surface area contributed by atoms with Gasteiger partial charge >= 0.3 is 0 Å². The Kier molecular flexibility index (Phi) is 3.63. The van der Waals surface area contributed by atoms with Gasteiger partial charge in [-0.3, -0.25) is 0 Å². The molecule has 0 radical (unpaired) electrons. The van der Waals surface area contributed by atoms with E-state index in [1.54, 1.807) is 7.11 Å². The van der Waals surface area contributed by atoms with Crippen molar-refractivity contribution in [3.63, 3.8) is 0 Å². The molecule has 21 heavy (non-hydrogen) atoms. The number of hydrogen-bond acceptors (Lipinski definition) is 4.